The van der Waals surface area contributed by atoms with Crippen LogP contribution in [0.2, 0.25) is 0 Å². The molecule has 1 saturated heterocycles. The topological polar surface area (TPSA) is 46.5 Å². The fourth-order valence-electron chi connectivity index (χ4n) is 0.285. The minimum absolute atomic E-state index is 0.593. The maximum atomic E-state index is 9.25. The third kappa shape index (κ3) is 5.31. The minimum Gasteiger partial charge on any atom is -0.478 e. The molecule has 1 fully saturated rings. The zero-order chi connectivity index (χ0) is 7.98. The molecule has 1 aliphatic heterocycles. The molecule has 0 aromatic rings. The molecule has 1 aliphatic rings. The van der Waals surface area contributed by atoms with Crippen LogP contribution in [0.1, 0.15) is 0 Å². The first-order chi connectivity index (χ1) is 4.66. The first-order valence-corrected chi connectivity index (χ1v) is 2.93. The van der Waals surface area contributed by atoms with Crippen molar-refractivity contribution in [2.45, 2.75) is 0 Å². The summed E-state index contributed by atoms with van der Waals surface area (Å²) >= 11 is 0. The van der Waals surface area contributed by atoms with Crippen molar-refractivity contribution in [3.8, 4) is 0 Å². The Hall–Kier alpha value is -0.830. The molecule has 3 nitrogen and oxygen atoms in total. The summed E-state index contributed by atoms with van der Waals surface area (Å²) in [7, 11) is 0. The molecule has 0 spiro atoms. The second-order valence-corrected chi connectivity index (χ2v) is 1.95. The van der Waals surface area contributed by atoms with E-state index in [2.05, 4.69) is 13.5 Å². The maximum absolute atomic E-state index is 9.25. The summed E-state index contributed by atoms with van der Waals surface area (Å²) in [5, 5.41) is 7.60. The Kier molecular flexibility index (Phi) is 4.58. The standard InChI is InChI=1S/C4H7O.C3H4O2/c1-4-2-5-3-4;1-2-3(4)5/h4H,1-3H2;2H,1H2,(H,4,5). The van der Waals surface area contributed by atoms with Crippen LogP contribution in [0.4, 0.5) is 0 Å². The maximum Gasteiger partial charge on any atom is 0.327 e. The molecule has 3 heteroatoms. The molecule has 0 aliphatic carbocycles. The predicted octanol–water partition coefficient (Wildman–Crippen LogP) is 0.724. The van der Waals surface area contributed by atoms with Gasteiger partial charge in [0, 0.05) is 12.0 Å². The van der Waals surface area contributed by atoms with E-state index in [0.29, 0.717) is 5.92 Å². The monoisotopic (exact) mass is 143 g/mol. The second kappa shape index (κ2) is 4.99. The molecular formula is C7H11O3. The highest BCUT2D eigenvalue weighted by atomic mass is 16.5. The molecule has 0 atom stereocenters. The van der Waals surface area contributed by atoms with Crippen LogP contribution in [0, 0.1) is 12.8 Å². The molecular weight excluding hydrogens is 132 g/mol. The summed E-state index contributed by atoms with van der Waals surface area (Å²) in [5.74, 6) is -0.389. The van der Waals surface area contributed by atoms with Crippen molar-refractivity contribution in [2.24, 2.45) is 5.92 Å². The van der Waals surface area contributed by atoms with Crippen molar-refractivity contribution in [3.63, 3.8) is 0 Å². The second-order valence-electron chi connectivity index (χ2n) is 1.95. The lowest BCUT2D eigenvalue weighted by atomic mass is 10.2. The van der Waals surface area contributed by atoms with Gasteiger partial charge in [-0.15, -0.1) is 0 Å². The van der Waals surface area contributed by atoms with E-state index in [-0.39, 0.29) is 0 Å². The van der Waals surface area contributed by atoms with Crippen LogP contribution in [-0.4, -0.2) is 24.3 Å². The normalized spacial score (nSPS) is 16.1. The molecule has 0 aromatic heterocycles. The Morgan fingerprint density at radius 1 is 1.70 bits per heavy atom. The molecule has 10 heavy (non-hydrogen) atoms. The van der Waals surface area contributed by atoms with Crippen molar-refractivity contribution < 1.29 is 14.6 Å². The lowest BCUT2D eigenvalue weighted by Crippen LogP contribution is -2.23. The van der Waals surface area contributed by atoms with Crippen molar-refractivity contribution in [1.82, 2.24) is 0 Å². The van der Waals surface area contributed by atoms with Crippen LogP contribution < -0.4 is 0 Å². The lowest BCUT2D eigenvalue weighted by Gasteiger charge is -2.20. The Morgan fingerprint density at radius 2 is 2.00 bits per heavy atom. The van der Waals surface area contributed by atoms with E-state index in [1.807, 2.05) is 0 Å². The first-order valence-electron chi connectivity index (χ1n) is 2.93. The fraction of sp³-hybridized carbons (Fsp3) is 0.429. The number of hydrogen-bond donors (Lipinski definition) is 1. The van der Waals surface area contributed by atoms with E-state index in [1.165, 1.54) is 0 Å². The Morgan fingerprint density at radius 3 is 2.00 bits per heavy atom. The van der Waals surface area contributed by atoms with Crippen molar-refractivity contribution in [1.29, 1.82) is 0 Å². The van der Waals surface area contributed by atoms with E-state index >= 15 is 0 Å². The number of carboxylic acid groups (broad SMARTS) is 1. The first kappa shape index (κ1) is 9.17. The zero-order valence-corrected chi connectivity index (χ0v) is 5.75. The van der Waals surface area contributed by atoms with Crippen LogP contribution in [0.15, 0.2) is 12.7 Å². The van der Waals surface area contributed by atoms with Crippen LogP contribution >= 0.6 is 0 Å². The van der Waals surface area contributed by atoms with Gasteiger partial charge in [-0.25, -0.2) is 4.79 Å². The average Bonchev–Trinajstić information content (AvgIpc) is 1.85. The summed E-state index contributed by atoms with van der Waals surface area (Å²) in [6, 6.07) is 0. The van der Waals surface area contributed by atoms with Gasteiger partial charge in [-0.2, -0.15) is 0 Å². The molecule has 1 N–H and O–H groups in total. The minimum atomic E-state index is -0.981. The SMILES string of the molecule is C=CC(=O)O.[CH2]C1COC1. The molecule has 0 saturated carbocycles. The molecule has 0 bridgehead atoms. The number of aliphatic carboxylic acids is 1. The summed E-state index contributed by atoms with van der Waals surface area (Å²) in [6.45, 7) is 8.43. The Bertz CT molecular complexity index is 116. The van der Waals surface area contributed by atoms with Gasteiger partial charge in [0.2, 0.25) is 0 Å². The van der Waals surface area contributed by atoms with Crippen LogP contribution in [0.5, 0.6) is 0 Å². The summed E-state index contributed by atoms with van der Waals surface area (Å²) in [4.78, 5) is 9.25. The molecule has 1 heterocycles. The highest BCUT2D eigenvalue weighted by Crippen LogP contribution is 2.05. The highest BCUT2D eigenvalue weighted by molar-refractivity contribution is 5.78. The Balaban J connectivity index is 0.000000162. The highest BCUT2D eigenvalue weighted by Gasteiger charge is 2.10. The number of rotatable bonds is 1. The summed E-state index contributed by atoms with van der Waals surface area (Å²) < 4.78 is 4.77. The van der Waals surface area contributed by atoms with Gasteiger partial charge in [0.1, 0.15) is 0 Å². The van der Waals surface area contributed by atoms with E-state index in [9.17, 15) is 4.79 Å². The Labute approximate surface area is 60.3 Å². The van der Waals surface area contributed by atoms with Gasteiger partial charge in [-0.3, -0.25) is 0 Å². The number of hydrogen-bond acceptors (Lipinski definition) is 2. The van der Waals surface area contributed by atoms with Crippen molar-refractivity contribution in [2.75, 3.05) is 13.2 Å². The fourth-order valence-corrected chi connectivity index (χ4v) is 0.285. The van der Waals surface area contributed by atoms with Gasteiger partial charge < -0.3 is 9.84 Å². The van der Waals surface area contributed by atoms with Gasteiger partial charge in [0.25, 0.3) is 0 Å². The van der Waals surface area contributed by atoms with E-state index in [0.717, 1.165) is 19.3 Å². The quantitative estimate of drug-likeness (QED) is 0.550. The third-order valence-electron chi connectivity index (χ3n) is 0.882. The average molecular weight is 143 g/mol. The molecule has 0 unspecified atom stereocenters. The molecule has 0 amide bonds. The lowest BCUT2D eigenvalue weighted by molar-refractivity contribution is -0.131. The zero-order valence-electron chi connectivity index (χ0n) is 5.75. The van der Waals surface area contributed by atoms with Crippen LogP contribution in [0.25, 0.3) is 0 Å². The summed E-state index contributed by atoms with van der Waals surface area (Å²) in [5.41, 5.74) is 0. The van der Waals surface area contributed by atoms with Gasteiger partial charge >= 0.3 is 5.97 Å². The predicted molar refractivity (Wildman–Crippen MR) is 37.5 cm³/mol. The molecule has 1 rings (SSSR count). The van der Waals surface area contributed by atoms with E-state index in [1.54, 1.807) is 0 Å². The van der Waals surface area contributed by atoms with E-state index in [4.69, 9.17) is 9.84 Å². The third-order valence-corrected chi connectivity index (χ3v) is 0.882. The van der Waals surface area contributed by atoms with Gasteiger partial charge in [-0.05, 0) is 6.92 Å². The van der Waals surface area contributed by atoms with Crippen molar-refractivity contribution in [3.05, 3.63) is 19.6 Å². The molecule has 0 aromatic carbocycles. The number of carboxylic acids is 1. The number of carbonyl (C=O) groups is 1. The van der Waals surface area contributed by atoms with Crippen molar-refractivity contribution >= 4 is 5.97 Å². The molecule has 1 radical (unpaired) electrons. The largest absolute Gasteiger partial charge is 0.478 e. The van der Waals surface area contributed by atoms with Crippen LogP contribution in [-0.2, 0) is 9.53 Å². The number of ether oxygens (including phenoxy) is 1. The van der Waals surface area contributed by atoms with Gasteiger partial charge in [0.05, 0.1) is 13.2 Å². The smallest absolute Gasteiger partial charge is 0.327 e. The molecule has 57 valence electrons. The van der Waals surface area contributed by atoms with Crippen LogP contribution in [0.3, 0.4) is 0 Å². The summed E-state index contributed by atoms with van der Waals surface area (Å²) in [6.07, 6.45) is 0.833. The van der Waals surface area contributed by atoms with E-state index < -0.39 is 5.97 Å². The van der Waals surface area contributed by atoms with Gasteiger partial charge in [-0.1, -0.05) is 6.58 Å². The van der Waals surface area contributed by atoms with Gasteiger partial charge in [0.15, 0.2) is 0 Å².